The first-order chi connectivity index (χ1) is 7.24. The van der Waals surface area contributed by atoms with E-state index in [2.05, 4.69) is 31.3 Å². The van der Waals surface area contributed by atoms with Gasteiger partial charge in [0.25, 0.3) is 0 Å². The van der Waals surface area contributed by atoms with Crippen LogP contribution in [0.15, 0.2) is 0 Å². The number of aromatic nitrogens is 4. The molecule has 0 unspecified atom stereocenters. The number of halogens is 1. The van der Waals surface area contributed by atoms with Gasteiger partial charge in [-0.15, -0.1) is 10.2 Å². The molecular weight excluding hydrogens is 260 g/mol. The van der Waals surface area contributed by atoms with E-state index < -0.39 is 0 Å². The number of tetrazole rings is 1. The largest absolute Gasteiger partial charge is 0.381 e. The van der Waals surface area contributed by atoms with Crippen molar-refractivity contribution >= 4 is 15.9 Å². The number of hydrogen-bond donors (Lipinski definition) is 0. The lowest BCUT2D eigenvalue weighted by atomic mass is 9.79. The molecule has 0 saturated carbocycles. The first-order valence-electron chi connectivity index (χ1n) is 5.11. The molecule has 0 spiro atoms. The van der Waals surface area contributed by atoms with Crippen molar-refractivity contribution in [3.63, 3.8) is 0 Å². The van der Waals surface area contributed by atoms with Crippen LogP contribution >= 0.6 is 15.9 Å². The van der Waals surface area contributed by atoms with Crippen LogP contribution in [0, 0.1) is 5.41 Å². The summed E-state index contributed by atoms with van der Waals surface area (Å²) in [5, 5.41) is 13.1. The zero-order chi connectivity index (χ0) is 10.7. The Morgan fingerprint density at radius 2 is 2.20 bits per heavy atom. The lowest BCUT2D eigenvalue weighted by molar-refractivity contribution is 0.0261. The van der Waals surface area contributed by atoms with Crippen LogP contribution in [0.1, 0.15) is 18.7 Å². The van der Waals surface area contributed by atoms with Crippen LogP contribution in [-0.4, -0.2) is 38.8 Å². The number of alkyl halides is 1. The SMILES string of the molecule is Cn1nnc(CC2(CBr)CCOCC2)n1. The highest BCUT2D eigenvalue weighted by molar-refractivity contribution is 9.09. The minimum Gasteiger partial charge on any atom is -0.381 e. The van der Waals surface area contributed by atoms with Crippen molar-refractivity contribution in [2.24, 2.45) is 12.5 Å². The standard InChI is InChI=1S/C9H15BrN4O/c1-14-12-8(11-13-14)6-9(7-10)2-4-15-5-3-9/h2-7H2,1H3. The molecule has 0 radical (unpaired) electrons. The van der Waals surface area contributed by atoms with E-state index in [1.54, 1.807) is 7.05 Å². The maximum absolute atomic E-state index is 5.39. The molecule has 1 aromatic rings. The second-order valence-electron chi connectivity index (χ2n) is 4.12. The highest BCUT2D eigenvalue weighted by Crippen LogP contribution is 2.35. The Kier molecular flexibility index (Phi) is 3.35. The van der Waals surface area contributed by atoms with Gasteiger partial charge in [-0.2, -0.15) is 4.80 Å². The van der Waals surface area contributed by atoms with Gasteiger partial charge in [0, 0.05) is 25.0 Å². The molecule has 1 fully saturated rings. The van der Waals surface area contributed by atoms with E-state index in [1.165, 1.54) is 4.80 Å². The van der Waals surface area contributed by atoms with Gasteiger partial charge in [0.05, 0.1) is 7.05 Å². The molecule has 2 heterocycles. The summed E-state index contributed by atoms with van der Waals surface area (Å²) >= 11 is 3.59. The van der Waals surface area contributed by atoms with Crippen LogP contribution in [0.2, 0.25) is 0 Å². The molecule has 0 N–H and O–H groups in total. The quantitative estimate of drug-likeness (QED) is 0.770. The van der Waals surface area contributed by atoms with Gasteiger partial charge < -0.3 is 4.74 Å². The zero-order valence-electron chi connectivity index (χ0n) is 8.82. The van der Waals surface area contributed by atoms with Gasteiger partial charge >= 0.3 is 0 Å². The fraction of sp³-hybridized carbons (Fsp3) is 0.889. The fourth-order valence-corrected chi connectivity index (χ4v) is 2.65. The van der Waals surface area contributed by atoms with Crippen molar-refractivity contribution in [2.75, 3.05) is 18.5 Å². The lowest BCUT2D eigenvalue weighted by Crippen LogP contribution is -2.33. The van der Waals surface area contributed by atoms with E-state index in [-0.39, 0.29) is 5.41 Å². The van der Waals surface area contributed by atoms with Gasteiger partial charge in [-0.05, 0) is 23.5 Å². The van der Waals surface area contributed by atoms with Crippen LogP contribution < -0.4 is 0 Å². The van der Waals surface area contributed by atoms with Crippen LogP contribution in [0.25, 0.3) is 0 Å². The average molecular weight is 275 g/mol. The summed E-state index contributed by atoms with van der Waals surface area (Å²) in [5.74, 6) is 0.832. The third-order valence-electron chi connectivity index (χ3n) is 2.92. The summed E-state index contributed by atoms with van der Waals surface area (Å²) in [4.78, 5) is 1.51. The molecule has 2 rings (SSSR count). The lowest BCUT2D eigenvalue weighted by Gasteiger charge is -2.34. The third-order valence-corrected chi connectivity index (χ3v) is 4.11. The topological polar surface area (TPSA) is 52.8 Å². The van der Waals surface area contributed by atoms with E-state index >= 15 is 0 Å². The highest BCUT2D eigenvalue weighted by Gasteiger charge is 2.33. The molecule has 0 bridgehead atoms. The summed E-state index contributed by atoms with van der Waals surface area (Å²) in [6.45, 7) is 1.68. The first-order valence-corrected chi connectivity index (χ1v) is 6.23. The average Bonchev–Trinajstić information content (AvgIpc) is 2.65. The summed E-state index contributed by atoms with van der Waals surface area (Å²) in [7, 11) is 1.79. The van der Waals surface area contributed by atoms with E-state index in [1.807, 2.05) is 0 Å². The molecule has 5 nitrogen and oxygen atoms in total. The van der Waals surface area contributed by atoms with Gasteiger partial charge in [-0.25, -0.2) is 0 Å². The Labute approximate surface area is 97.3 Å². The molecule has 1 aliphatic heterocycles. The van der Waals surface area contributed by atoms with Gasteiger partial charge in [0.15, 0.2) is 5.82 Å². The van der Waals surface area contributed by atoms with Crippen LogP contribution in [0.4, 0.5) is 0 Å². The van der Waals surface area contributed by atoms with E-state index in [4.69, 9.17) is 4.74 Å². The van der Waals surface area contributed by atoms with Gasteiger partial charge in [-0.3, -0.25) is 0 Å². The third kappa shape index (κ3) is 2.55. The smallest absolute Gasteiger partial charge is 0.175 e. The van der Waals surface area contributed by atoms with E-state index in [0.29, 0.717) is 0 Å². The Morgan fingerprint density at radius 3 is 2.73 bits per heavy atom. The number of hydrogen-bond acceptors (Lipinski definition) is 4. The summed E-state index contributed by atoms with van der Waals surface area (Å²) < 4.78 is 5.39. The Balaban J connectivity index is 2.06. The maximum Gasteiger partial charge on any atom is 0.175 e. The summed E-state index contributed by atoms with van der Waals surface area (Å²) in [6.07, 6.45) is 3.02. The van der Waals surface area contributed by atoms with Crippen molar-refractivity contribution in [3.8, 4) is 0 Å². The van der Waals surface area contributed by atoms with Crippen LogP contribution in [-0.2, 0) is 18.2 Å². The molecule has 1 saturated heterocycles. The first kappa shape index (κ1) is 11.0. The maximum atomic E-state index is 5.39. The molecule has 1 aromatic heterocycles. The molecule has 0 aromatic carbocycles. The molecule has 0 amide bonds. The van der Waals surface area contributed by atoms with Crippen molar-refractivity contribution in [3.05, 3.63) is 5.82 Å². The Morgan fingerprint density at radius 1 is 1.47 bits per heavy atom. The molecule has 15 heavy (non-hydrogen) atoms. The molecule has 0 atom stereocenters. The predicted octanol–water partition coefficient (Wildman–Crippen LogP) is 0.944. The molecule has 0 aliphatic carbocycles. The zero-order valence-corrected chi connectivity index (χ0v) is 10.4. The molecule has 6 heteroatoms. The van der Waals surface area contributed by atoms with Gasteiger partial charge in [-0.1, -0.05) is 15.9 Å². The normalized spacial score (nSPS) is 20.4. The Bertz CT molecular complexity index is 322. The molecule has 84 valence electrons. The second-order valence-corrected chi connectivity index (χ2v) is 4.68. The fourth-order valence-electron chi connectivity index (χ4n) is 1.89. The Hall–Kier alpha value is -0.490. The van der Waals surface area contributed by atoms with Crippen molar-refractivity contribution in [2.45, 2.75) is 19.3 Å². The van der Waals surface area contributed by atoms with Gasteiger partial charge in [0.2, 0.25) is 0 Å². The number of nitrogens with zero attached hydrogens (tertiary/aromatic N) is 4. The predicted molar refractivity (Wildman–Crippen MR) is 58.8 cm³/mol. The monoisotopic (exact) mass is 274 g/mol. The van der Waals surface area contributed by atoms with E-state index in [9.17, 15) is 0 Å². The van der Waals surface area contributed by atoms with Crippen LogP contribution in [0.3, 0.4) is 0 Å². The minimum atomic E-state index is 0.251. The minimum absolute atomic E-state index is 0.251. The molecule has 1 aliphatic rings. The summed E-state index contributed by atoms with van der Waals surface area (Å²) in [6, 6.07) is 0. The van der Waals surface area contributed by atoms with Crippen molar-refractivity contribution < 1.29 is 4.74 Å². The molecular formula is C9H15BrN4O. The number of rotatable bonds is 3. The van der Waals surface area contributed by atoms with Crippen LogP contribution in [0.5, 0.6) is 0 Å². The number of aryl methyl sites for hydroxylation is 1. The van der Waals surface area contributed by atoms with Gasteiger partial charge in [0.1, 0.15) is 0 Å². The summed E-state index contributed by atoms with van der Waals surface area (Å²) in [5.41, 5.74) is 0.251. The van der Waals surface area contributed by atoms with Crippen molar-refractivity contribution in [1.82, 2.24) is 20.2 Å². The van der Waals surface area contributed by atoms with E-state index in [0.717, 1.165) is 43.6 Å². The highest BCUT2D eigenvalue weighted by atomic mass is 79.9. The number of ether oxygens (including phenoxy) is 1. The second kappa shape index (κ2) is 4.57. The van der Waals surface area contributed by atoms with Crippen molar-refractivity contribution in [1.29, 1.82) is 0 Å².